The van der Waals surface area contributed by atoms with Gasteiger partial charge >= 0.3 is 0 Å². The van der Waals surface area contributed by atoms with E-state index in [2.05, 4.69) is 15.5 Å². The molecule has 2 rings (SSSR count). The van der Waals surface area contributed by atoms with Crippen LogP contribution in [0, 0.1) is 13.8 Å². The van der Waals surface area contributed by atoms with E-state index in [0.29, 0.717) is 21.3 Å². The number of carbonyl (C=O) groups excluding carboxylic acids is 1. The van der Waals surface area contributed by atoms with Crippen LogP contribution < -0.4 is 5.32 Å². The van der Waals surface area contributed by atoms with E-state index in [4.69, 9.17) is 23.2 Å². The molecule has 18 heavy (non-hydrogen) atoms. The highest BCUT2D eigenvalue weighted by molar-refractivity contribution is 6.42. The van der Waals surface area contributed by atoms with E-state index in [9.17, 15) is 4.79 Å². The molecule has 1 amide bonds. The molecule has 4 nitrogen and oxygen atoms in total. The maximum atomic E-state index is 12.0. The van der Waals surface area contributed by atoms with Crippen molar-refractivity contribution in [1.29, 1.82) is 0 Å². The number of benzene rings is 1. The number of halogens is 2. The summed E-state index contributed by atoms with van der Waals surface area (Å²) >= 11 is 11.7. The number of aromatic nitrogens is 2. The summed E-state index contributed by atoms with van der Waals surface area (Å²) in [7, 11) is 0. The second kappa shape index (κ2) is 5.00. The fourth-order valence-corrected chi connectivity index (χ4v) is 1.86. The molecule has 2 N–H and O–H groups in total. The van der Waals surface area contributed by atoms with Crippen molar-refractivity contribution in [2.45, 2.75) is 13.8 Å². The third-order valence-electron chi connectivity index (χ3n) is 2.55. The molecule has 1 aromatic carbocycles. The first-order valence-electron chi connectivity index (χ1n) is 5.27. The monoisotopic (exact) mass is 283 g/mol. The van der Waals surface area contributed by atoms with Crippen molar-refractivity contribution in [3.63, 3.8) is 0 Å². The number of hydrogen-bond donors (Lipinski definition) is 2. The second-order valence-corrected chi connectivity index (χ2v) is 4.71. The molecule has 2 aromatic rings. The van der Waals surface area contributed by atoms with Crippen LogP contribution in [0.4, 0.5) is 5.69 Å². The Hall–Kier alpha value is -1.52. The van der Waals surface area contributed by atoms with Crippen LogP contribution in [0.2, 0.25) is 10.0 Å². The predicted molar refractivity (Wildman–Crippen MR) is 72.5 cm³/mol. The topological polar surface area (TPSA) is 57.8 Å². The zero-order chi connectivity index (χ0) is 13.3. The van der Waals surface area contributed by atoms with E-state index in [-0.39, 0.29) is 5.91 Å². The molecule has 1 heterocycles. The largest absolute Gasteiger partial charge is 0.319 e. The third-order valence-corrected chi connectivity index (χ3v) is 3.29. The zero-order valence-corrected chi connectivity index (χ0v) is 11.4. The minimum Gasteiger partial charge on any atom is -0.319 e. The Balaban J connectivity index is 2.25. The van der Waals surface area contributed by atoms with Crippen LogP contribution in [-0.2, 0) is 0 Å². The normalized spacial score (nSPS) is 10.4. The Morgan fingerprint density at radius 1 is 1.28 bits per heavy atom. The van der Waals surface area contributed by atoms with Gasteiger partial charge in [-0.2, -0.15) is 5.10 Å². The lowest BCUT2D eigenvalue weighted by atomic mass is 10.2. The average Bonchev–Trinajstić information content (AvgIpc) is 2.64. The summed E-state index contributed by atoms with van der Waals surface area (Å²) in [6, 6.07) is 4.74. The molecular formula is C12H11Cl2N3O. The maximum absolute atomic E-state index is 12.0. The number of H-pyrrole nitrogens is 1. The molecule has 0 saturated carbocycles. The molecule has 0 aliphatic heterocycles. The van der Waals surface area contributed by atoms with Gasteiger partial charge in [-0.25, -0.2) is 0 Å². The Kier molecular flexibility index (Phi) is 3.59. The lowest BCUT2D eigenvalue weighted by molar-refractivity contribution is 0.102. The first-order valence-corrected chi connectivity index (χ1v) is 6.02. The van der Waals surface area contributed by atoms with Crippen LogP contribution >= 0.6 is 23.2 Å². The minimum absolute atomic E-state index is 0.249. The number of aromatic amines is 1. The molecule has 0 fully saturated rings. The van der Waals surface area contributed by atoms with Crippen LogP contribution in [0.15, 0.2) is 18.2 Å². The van der Waals surface area contributed by atoms with Gasteiger partial charge in [-0.1, -0.05) is 23.2 Å². The number of anilines is 1. The van der Waals surface area contributed by atoms with Crippen molar-refractivity contribution in [3.8, 4) is 0 Å². The quantitative estimate of drug-likeness (QED) is 0.885. The summed E-state index contributed by atoms with van der Waals surface area (Å²) in [5, 5.41) is 10.4. The number of rotatable bonds is 2. The van der Waals surface area contributed by atoms with Gasteiger partial charge in [-0.15, -0.1) is 0 Å². The summed E-state index contributed by atoms with van der Waals surface area (Å²) in [5.41, 5.74) is 2.68. The van der Waals surface area contributed by atoms with Gasteiger partial charge in [0.25, 0.3) is 5.91 Å². The number of aryl methyl sites for hydroxylation is 2. The maximum Gasteiger partial charge on any atom is 0.255 e. The number of nitrogens with zero attached hydrogens (tertiary/aromatic N) is 1. The summed E-state index contributed by atoms with van der Waals surface area (Å²) in [4.78, 5) is 12.0. The molecule has 0 bridgehead atoms. The van der Waals surface area contributed by atoms with Crippen LogP contribution in [-0.4, -0.2) is 16.1 Å². The minimum atomic E-state index is -0.249. The number of hydrogen-bond acceptors (Lipinski definition) is 2. The van der Waals surface area contributed by atoms with Crippen molar-refractivity contribution in [2.24, 2.45) is 0 Å². The van der Waals surface area contributed by atoms with Gasteiger partial charge in [0.05, 0.1) is 27.1 Å². The van der Waals surface area contributed by atoms with E-state index < -0.39 is 0 Å². The highest BCUT2D eigenvalue weighted by Crippen LogP contribution is 2.23. The molecule has 1 aromatic heterocycles. The van der Waals surface area contributed by atoms with Crippen LogP contribution in [0.3, 0.4) is 0 Å². The SMILES string of the molecule is Cc1n[nH]c(C)c1NC(=O)c1ccc(Cl)c(Cl)c1. The average molecular weight is 284 g/mol. The van der Waals surface area contributed by atoms with Gasteiger partial charge in [-0.05, 0) is 32.0 Å². The van der Waals surface area contributed by atoms with E-state index in [1.54, 1.807) is 12.1 Å². The van der Waals surface area contributed by atoms with Gasteiger partial charge < -0.3 is 5.32 Å². The molecule has 6 heteroatoms. The van der Waals surface area contributed by atoms with Crippen molar-refractivity contribution in [3.05, 3.63) is 45.2 Å². The second-order valence-electron chi connectivity index (χ2n) is 3.89. The smallest absolute Gasteiger partial charge is 0.255 e. The number of carbonyl (C=O) groups is 1. The first kappa shape index (κ1) is 12.9. The molecule has 0 spiro atoms. The first-order chi connectivity index (χ1) is 8.49. The van der Waals surface area contributed by atoms with Gasteiger partial charge in [-0.3, -0.25) is 9.89 Å². The van der Waals surface area contributed by atoms with Crippen molar-refractivity contribution >= 4 is 34.8 Å². The van der Waals surface area contributed by atoms with Crippen molar-refractivity contribution in [2.75, 3.05) is 5.32 Å². The van der Waals surface area contributed by atoms with Crippen LogP contribution in [0.5, 0.6) is 0 Å². The summed E-state index contributed by atoms with van der Waals surface area (Å²) in [5.74, 6) is -0.249. The van der Waals surface area contributed by atoms with E-state index >= 15 is 0 Å². The van der Waals surface area contributed by atoms with Gasteiger partial charge in [0.2, 0.25) is 0 Å². The Bertz CT molecular complexity index is 588. The molecule has 0 saturated heterocycles. The highest BCUT2D eigenvalue weighted by atomic mass is 35.5. The Morgan fingerprint density at radius 2 is 2.00 bits per heavy atom. The molecule has 0 unspecified atom stereocenters. The summed E-state index contributed by atoms with van der Waals surface area (Å²) < 4.78 is 0. The summed E-state index contributed by atoms with van der Waals surface area (Å²) in [6.45, 7) is 3.65. The lowest BCUT2D eigenvalue weighted by Crippen LogP contribution is -2.12. The summed E-state index contributed by atoms with van der Waals surface area (Å²) in [6.07, 6.45) is 0. The van der Waals surface area contributed by atoms with Gasteiger partial charge in [0.1, 0.15) is 0 Å². The van der Waals surface area contributed by atoms with E-state index in [1.807, 2.05) is 13.8 Å². The van der Waals surface area contributed by atoms with Gasteiger partial charge in [0, 0.05) is 5.56 Å². The zero-order valence-electron chi connectivity index (χ0n) is 9.84. The Morgan fingerprint density at radius 3 is 2.56 bits per heavy atom. The predicted octanol–water partition coefficient (Wildman–Crippen LogP) is 3.59. The van der Waals surface area contributed by atoms with Gasteiger partial charge in [0.15, 0.2) is 0 Å². The fraction of sp³-hybridized carbons (Fsp3) is 0.167. The highest BCUT2D eigenvalue weighted by Gasteiger charge is 2.12. The molecular weight excluding hydrogens is 273 g/mol. The standard InChI is InChI=1S/C12H11Cl2N3O/c1-6-11(7(2)17-16-6)15-12(18)8-3-4-9(13)10(14)5-8/h3-5H,1-2H3,(H,15,18)(H,16,17). The lowest BCUT2D eigenvalue weighted by Gasteiger charge is -2.06. The Labute approximate surface area is 114 Å². The van der Waals surface area contributed by atoms with Crippen molar-refractivity contribution < 1.29 is 4.79 Å². The molecule has 0 atom stereocenters. The molecule has 0 aliphatic rings. The molecule has 0 radical (unpaired) electrons. The number of amides is 1. The molecule has 0 aliphatic carbocycles. The third kappa shape index (κ3) is 2.49. The van der Waals surface area contributed by atoms with Crippen molar-refractivity contribution in [1.82, 2.24) is 10.2 Å². The van der Waals surface area contributed by atoms with Crippen LogP contribution in [0.1, 0.15) is 21.7 Å². The fourth-order valence-electron chi connectivity index (χ4n) is 1.56. The van der Waals surface area contributed by atoms with E-state index in [0.717, 1.165) is 11.4 Å². The van der Waals surface area contributed by atoms with Crippen LogP contribution in [0.25, 0.3) is 0 Å². The number of nitrogens with one attached hydrogen (secondary N) is 2. The molecule has 94 valence electrons. The van der Waals surface area contributed by atoms with E-state index in [1.165, 1.54) is 6.07 Å².